The van der Waals surface area contributed by atoms with Crippen LogP contribution in [0.5, 0.6) is 0 Å². The van der Waals surface area contributed by atoms with Crippen LogP contribution in [-0.4, -0.2) is 23.2 Å². The van der Waals surface area contributed by atoms with Gasteiger partial charge in [0.05, 0.1) is 0 Å². The van der Waals surface area contributed by atoms with Crippen molar-refractivity contribution in [2.45, 2.75) is 58.9 Å². The molecule has 0 aliphatic rings. The van der Waals surface area contributed by atoms with Gasteiger partial charge in [-0.05, 0) is 25.8 Å². The lowest BCUT2D eigenvalue weighted by molar-refractivity contribution is 0.341. The topological polar surface area (TPSA) is 51.0 Å². The van der Waals surface area contributed by atoms with Crippen molar-refractivity contribution in [1.29, 1.82) is 0 Å². The first-order valence-corrected chi connectivity index (χ1v) is 6.56. The van der Waals surface area contributed by atoms with E-state index < -0.39 is 0 Å². The molecule has 0 saturated carbocycles. The second-order valence-corrected chi connectivity index (χ2v) is 5.17. The third kappa shape index (κ3) is 4.46. The Kier molecular flexibility index (Phi) is 5.62. The molecule has 98 valence electrons. The third-order valence-corrected chi connectivity index (χ3v) is 3.12. The molecule has 0 radical (unpaired) electrons. The molecule has 1 rings (SSSR count). The van der Waals surface area contributed by atoms with Gasteiger partial charge in [-0.15, -0.1) is 0 Å². The highest BCUT2D eigenvalue weighted by Crippen LogP contribution is 2.16. The minimum absolute atomic E-state index is 0.380. The Balaban J connectivity index is 2.58. The second kappa shape index (κ2) is 6.74. The summed E-state index contributed by atoms with van der Waals surface area (Å²) in [7, 11) is 1.99. The van der Waals surface area contributed by atoms with Crippen molar-refractivity contribution in [2.24, 2.45) is 5.92 Å². The maximum Gasteiger partial charge on any atom is 0.228 e. The maximum atomic E-state index is 5.30. The van der Waals surface area contributed by atoms with Crippen LogP contribution in [-0.2, 0) is 6.42 Å². The van der Waals surface area contributed by atoms with Gasteiger partial charge in [-0.3, -0.25) is 0 Å². The first kappa shape index (κ1) is 14.2. The number of aromatic nitrogens is 2. The molecule has 4 nitrogen and oxygen atoms in total. The fourth-order valence-corrected chi connectivity index (χ4v) is 1.82. The average molecular weight is 239 g/mol. The monoisotopic (exact) mass is 239 g/mol. The number of hydrogen-bond acceptors (Lipinski definition) is 4. The lowest BCUT2D eigenvalue weighted by atomic mass is 10.0. The third-order valence-electron chi connectivity index (χ3n) is 3.12. The standard InChI is InChI=1S/C13H25N3O/c1-6-10(4)13-15-12(17-16-13)8-11(14-5)7-9(2)3/h9-11,14H,6-8H2,1-5H3. The van der Waals surface area contributed by atoms with E-state index in [1.54, 1.807) is 0 Å². The molecular formula is C13H25N3O. The van der Waals surface area contributed by atoms with E-state index in [2.05, 4.69) is 43.2 Å². The predicted octanol–water partition coefficient (Wildman–Crippen LogP) is 2.76. The lowest BCUT2D eigenvalue weighted by Gasteiger charge is -2.15. The van der Waals surface area contributed by atoms with E-state index in [1.807, 2.05) is 7.05 Å². The molecule has 0 spiro atoms. The number of nitrogens with one attached hydrogen (secondary N) is 1. The molecule has 0 aliphatic heterocycles. The first-order chi connectivity index (χ1) is 8.06. The summed E-state index contributed by atoms with van der Waals surface area (Å²) in [5.41, 5.74) is 0. The first-order valence-electron chi connectivity index (χ1n) is 6.56. The van der Waals surface area contributed by atoms with Crippen molar-refractivity contribution in [3.63, 3.8) is 0 Å². The Labute approximate surface area is 104 Å². The Bertz CT molecular complexity index is 322. The van der Waals surface area contributed by atoms with Crippen molar-refractivity contribution in [3.8, 4) is 0 Å². The van der Waals surface area contributed by atoms with Crippen LogP contribution in [0.4, 0.5) is 0 Å². The fraction of sp³-hybridized carbons (Fsp3) is 0.846. The lowest BCUT2D eigenvalue weighted by Crippen LogP contribution is -2.29. The Morgan fingerprint density at radius 3 is 2.53 bits per heavy atom. The fourth-order valence-electron chi connectivity index (χ4n) is 1.82. The van der Waals surface area contributed by atoms with Gasteiger partial charge in [-0.2, -0.15) is 4.98 Å². The van der Waals surface area contributed by atoms with Gasteiger partial charge in [0, 0.05) is 18.4 Å². The summed E-state index contributed by atoms with van der Waals surface area (Å²) in [6.45, 7) is 8.71. The minimum Gasteiger partial charge on any atom is -0.339 e. The molecular weight excluding hydrogens is 214 g/mol. The van der Waals surface area contributed by atoms with Crippen LogP contribution in [0.2, 0.25) is 0 Å². The Morgan fingerprint density at radius 1 is 1.29 bits per heavy atom. The highest BCUT2D eigenvalue weighted by Gasteiger charge is 2.16. The Morgan fingerprint density at radius 2 is 2.00 bits per heavy atom. The molecule has 1 heterocycles. The summed E-state index contributed by atoms with van der Waals surface area (Å²) < 4.78 is 5.30. The largest absolute Gasteiger partial charge is 0.339 e. The summed E-state index contributed by atoms with van der Waals surface area (Å²) >= 11 is 0. The van der Waals surface area contributed by atoms with Crippen LogP contribution in [0, 0.1) is 5.92 Å². The zero-order valence-electron chi connectivity index (χ0n) is 11.7. The smallest absolute Gasteiger partial charge is 0.228 e. The zero-order valence-corrected chi connectivity index (χ0v) is 11.7. The summed E-state index contributed by atoms with van der Waals surface area (Å²) in [5.74, 6) is 2.64. The van der Waals surface area contributed by atoms with Crippen LogP contribution in [0.25, 0.3) is 0 Å². The minimum atomic E-state index is 0.380. The van der Waals surface area contributed by atoms with E-state index in [9.17, 15) is 0 Å². The van der Waals surface area contributed by atoms with E-state index >= 15 is 0 Å². The molecule has 4 heteroatoms. The van der Waals surface area contributed by atoms with Crippen LogP contribution >= 0.6 is 0 Å². The molecule has 2 unspecified atom stereocenters. The number of likely N-dealkylation sites (N-methyl/N-ethyl adjacent to an activating group) is 1. The van der Waals surface area contributed by atoms with Crippen LogP contribution in [0.15, 0.2) is 4.52 Å². The van der Waals surface area contributed by atoms with E-state index in [4.69, 9.17) is 4.52 Å². The molecule has 0 fully saturated rings. The maximum absolute atomic E-state index is 5.30. The normalized spacial score (nSPS) is 15.2. The van der Waals surface area contributed by atoms with Crippen molar-refractivity contribution >= 4 is 0 Å². The summed E-state index contributed by atoms with van der Waals surface area (Å²) in [6.07, 6.45) is 2.98. The van der Waals surface area contributed by atoms with Crippen molar-refractivity contribution in [2.75, 3.05) is 7.05 Å². The molecule has 1 N–H and O–H groups in total. The van der Waals surface area contributed by atoms with Gasteiger partial charge in [0.2, 0.25) is 5.89 Å². The van der Waals surface area contributed by atoms with Gasteiger partial charge in [0.25, 0.3) is 0 Å². The molecule has 0 saturated heterocycles. The summed E-state index contributed by atoms with van der Waals surface area (Å²) in [4.78, 5) is 4.46. The van der Waals surface area contributed by atoms with E-state index in [0.29, 0.717) is 17.9 Å². The van der Waals surface area contributed by atoms with Gasteiger partial charge in [-0.25, -0.2) is 0 Å². The van der Waals surface area contributed by atoms with Crippen LogP contribution in [0.1, 0.15) is 58.2 Å². The highest BCUT2D eigenvalue weighted by atomic mass is 16.5. The molecule has 0 aromatic carbocycles. The number of hydrogen-bond donors (Lipinski definition) is 1. The van der Waals surface area contributed by atoms with E-state index in [1.165, 1.54) is 0 Å². The van der Waals surface area contributed by atoms with Gasteiger partial charge in [0.1, 0.15) is 0 Å². The molecule has 0 bridgehead atoms. The summed E-state index contributed by atoms with van der Waals surface area (Å²) in [6, 6.07) is 0.417. The average Bonchev–Trinajstić information content (AvgIpc) is 2.75. The molecule has 17 heavy (non-hydrogen) atoms. The molecule has 0 amide bonds. The van der Waals surface area contributed by atoms with Crippen LogP contribution < -0.4 is 5.32 Å². The molecule has 1 aromatic heterocycles. The summed E-state index contributed by atoms with van der Waals surface area (Å²) in [5, 5.41) is 7.35. The van der Waals surface area contributed by atoms with Crippen molar-refractivity contribution in [3.05, 3.63) is 11.7 Å². The number of rotatable bonds is 7. The van der Waals surface area contributed by atoms with Crippen molar-refractivity contribution < 1.29 is 4.52 Å². The molecule has 0 aliphatic carbocycles. The number of nitrogens with zero attached hydrogens (tertiary/aromatic N) is 2. The zero-order chi connectivity index (χ0) is 12.8. The van der Waals surface area contributed by atoms with Crippen LogP contribution in [0.3, 0.4) is 0 Å². The van der Waals surface area contributed by atoms with Gasteiger partial charge in [0.15, 0.2) is 5.82 Å². The Hall–Kier alpha value is -0.900. The van der Waals surface area contributed by atoms with Gasteiger partial charge >= 0.3 is 0 Å². The van der Waals surface area contributed by atoms with Crippen molar-refractivity contribution in [1.82, 2.24) is 15.5 Å². The predicted molar refractivity (Wildman–Crippen MR) is 69.0 cm³/mol. The van der Waals surface area contributed by atoms with E-state index in [-0.39, 0.29) is 0 Å². The van der Waals surface area contributed by atoms with Gasteiger partial charge in [-0.1, -0.05) is 32.9 Å². The van der Waals surface area contributed by atoms with Gasteiger partial charge < -0.3 is 9.84 Å². The van der Waals surface area contributed by atoms with E-state index in [0.717, 1.165) is 31.0 Å². The molecule has 1 aromatic rings. The SMILES string of the molecule is CCC(C)c1noc(CC(CC(C)C)NC)n1. The second-order valence-electron chi connectivity index (χ2n) is 5.17. The quantitative estimate of drug-likeness (QED) is 0.795. The molecule has 2 atom stereocenters. The highest BCUT2D eigenvalue weighted by molar-refractivity contribution is 4.94.